The molecule has 2 fully saturated rings. The number of pyridine rings is 1. The SMILES string of the molecule is Cc1cc(N2CCC(CC(=O)N3CCC[C@H]3CS(=O)(=O)c3ccc4cc(Cl)ccc4c3)CC2)ccn1. The number of nitrogens with zero attached hydrogens (tertiary/aromatic N) is 3. The van der Waals surface area contributed by atoms with Crippen LogP contribution in [0.2, 0.25) is 5.02 Å². The number of amides is 1. The maximum atomic E-state index is 13.3. The molecule has 0 saturated carbocycles. The van der Waals surface area contributed by atoms with E-state index in [1.807, 2.05) is 36.2 Å². The number of likely N-dealkylation sites (tertiary alicyclic amines) is 1. The molecule has 0 aliphatic carbocycles. The average Bonchev–Trinajstić information content (AvgIpc) is 3.31. The Morgan fingerprint density at radius 1 is 1.00 bits per heavy atom. The van der Waals surface area contributed by atoms with Crippen molar-refractivity contribution in [2.75, 3.05) is 30.3 Å². The maximum Gasteiger partial charge on any atom is 0.223 e. The first-order valence-corrected chi connectivity index (χ1v) is 14.7. The Labute approximate surface area is 218 Å². The van der Waals surface area contributed by atoms with Crippen molar-refractivity contribution in [3.05, 3.63) is 65.4 Å². The standard InChI is InChI=1S/C28H32ClN3O3S/c1-20-15-25(8-11-30-20)31-13-9-21(10-14-31)16-28(33)32-12-2-3-26(32)19-36(34,35)27-7-5-22-17-24(29)6-4-23(22)18-27/h4-8,11,15,17-18,21,26H,2-3,9-10,12-14,16,19H2,1H3/t26-/m0/s1. The number of rotatable bonds is 6. The number of hydrogen-bond donors (Lipinski definition) is 0. The summed E-state index contributed by atoms with van der Waals surface area (Å²) in [4.78, 5) is 22.0. The van der Waals surface area contributed by atoms with Crippen molar-refractivity contribution < 1.29 is 13.2 Å². The molecule has 2 aliphatic heterocycles. The Morgan fingerprint density at radius 3 is 2.53 bits per heavy atom. The predicted octanol–water partition coefficient (Wildman–Crippen LogP) is 5.27. The predicted molar refractivity (Wildman–Crippen MR) is 144 cm³/mol. The minimum Gasteiger partial charge on any atom is -0.371 e. The third kappa shape index (κ3) is 5.52. The summed E-state index contributed by atoms with van der Waals surface area (Å²) in [6, 6.07) is 14.5. The molecular weight excluding hydrogens is 494 g/mol. The molecule has 3 heterocycles. The summed E-state index contributed by atoms with van der Waals surface area (Å²) in [5.41, 5.74) is 2.20. The van der Waals surface area contributed by atoms with Gasteiger partial charge in [-0.25, -0.2) is 8.42 Å². The average molecular weight is 526 g/mol. The zero-order valence-corrected chi connectivity index (χ0v) is 22.1. The number of aromatic nitrogens is 1. The van der Waals surface area contributed by atoms with Gasteiger partial charge in [0.2, 0.25) is 5.91 Å². The number of sulfone groups is 1. The number of carbonyl (C=O) groups excluding carboxylic acids is 1. The normalized spacial score (nSPS) is 19.2. The minimum absolute atomic E-state index is 0.0301. The van der Waals surface area contributed by atoms with Crippen LogP contribution >= 0.6 is 11.6 Å². The van der Waals surface area contributed by atoms with Crippen molar-refractivity contribution in [2.24, 2.45) is 5.92 Å². The van der Waals surface area contributed by atoms with E-state index in [9.17, 15) is 13.2 Å². The number of anilines is 1. The lowest BCUT2D eigenvalue weighted by atomic mass is 9.92. The van der Waals surface area contributed by atoms with Gasteiger partial charge < -0.3 is 9.80 Å². The molecule has 0 N–H and O–H groups in total. The third-order valence-electron chi connectivity index (χ3n) is 7.57. The van der Waals surface area contributed by atoms with Crippen LogP contribution in [0.1, 0.15) is 37.8 Å². The van der Waals surface area contributed by atoms with Crippen molar-refractivity contribution in [1.82, 2.24) is 9.88 Å². The van der Waals surface area contributed by atoms with Gasteiger partial charge in [0.05, 0.1) is 10.6 Å². The van der Waals surface area contributed by atoms with E-state index in [-0.39, 0.29) is 17.7 Å². The van der Waals surface area contributed by atoms with Gasteiger partial charge in [-0.05, 0) is 85.7 Å². The quantitative estimate of drug-likeness (QED) is 0.438. The van der Waals surface area contributed by atoms with Crippen LogP contribution in [0, 0.1) is 12.8 Å². The van der Waals surface area contributed by atoms with Crippen LogP contribution in [0.5, 0.6) is 0 Å². The largest absolute Gasteiger partial charge is 0.371 e. The van der Waals surface area contributed by atoms with Crippen LogP contribution in [0.15, 0.2) is 59.6 Å². The summed E-state index contributed by atoms with van der Waals surface area (Å²) in [5, 5.41) is 2.37. The van der Waals surface area contributed by atoms with Gasteiger partial charge in [0, 0.05) is 54.7 Å². The molecule has 190 valence electrons. The lowest BCUT2D eigenvalue weighted by Gasteiger charge is -2.34. The molecule has 5 rings (SSSR count). The lowest BCUT2D eigenvalue weighted by molar-refractivity contribution is -0.132. The Kier molecular flexibility index (Phi) is 7.22. The summed E-state index contributed by atoms with van der Waals surface area (Å²) in [6.45, 7) is 4.49. The summed E-state index contributed by atoms with van der Waals surface area (Å²) in [5.74, 6) is 0.401. The topological polar surface area (TPSA) is 70.6 Å². The number of fused-ring (bicyclic) bond motifs is 1. The molecule has 1 aromatic heterocycles. The highest BCUT2D eigenvalue weighted by Gasteiger charge is 2.34. The van der Waals surface area contributed by atoms with Crippen LogP contribution in [-0.4, -0.2) is 55.6 Å². The number of carbonyl (C=O) groups is 1. The lowest BCUT2D eigenvalue weighted by Crippen LogP contribution is -2.41. The minimum atomic E-state index is -3.52. The van der Waals surface area contributed by atoms with Crippen molar-refractivity contribution in [3.63, 3.8) is 0 Å². The number of hydrogen-bond acceptors (Lipinski definition) is 5. The van der Waals surface area contributed by atoms with E-state index in [1.54, 1.807) is 24.3 Å². The smallest absolute Gasteiger partial charge is 0.223 e. The van der Waals surface area contributed by atoms with Gasteiger partial charge in [-0.3, -0.25) is 9.78 Å². The summed E-state index contributed by atoms with van der Waals surface area (Å²) in [7, 11) is -3.52. The monoisotopic (exact) mass is 525 g/mol. The number of halogens is 1. The van der Waals surface area contributed by atoms with Gasteiger partial charge >= 0.3 is 0 Å². The summed E-state index contributed by atoms with van der Waals surface area (Å²) < 4.78 is 26.6. The van der Waals surface area contributed by atoms with Crippen molar-refractivity contribution in [2.45, 2.75) is 50.0 Å². The Hall–Kier alpha value is -2.64. The van der Waals surface area contributed by atoms with E-state index in [1.165, 1.54) is 5.69 Å². The van der Waals surface area contributed by atoms with E-state index in [4.69, 9.17) is 11.6 Å². The zero-order valence-electron chi connectivity index (χ0n) is 20.6. The van der Waals surface area contributed by atoms with Crippen LogP contribution in [0.25, 0.3) is 10.8 Å². The fraction of sp³-hybridized carbons (Fsp3) is 0.429. The molecule has 0 bridgehead atoms. The van der Waals surface area contributed by atoms with Gasteiger partial charge in [0.15, 0.2) is 9.84 Å². The molecule has 0 unspecified atom stereocenters. The summed E-state index contributed by atoms with van der Waals surface area (Å²) >= 11 is 6.06. The second-order valence-electron chi connectivity index (χ2n) is 10.1. The zero-order chi connectivity index (χ0) is 25.3. The fourth-order valence-electron chi connectivity index (χ4n) is 5.56. The number of aryl methyl sites for hydroxylation is 1. The van der Waals surface area contributed by atoms with Gasteiger partial charge in [0.25, 0.3) is 0 Å². The molecule has 6 nitrogen and oxygen atoms in total. The van der Waals surface area contributed by atoms with Gasteiger partial charge in [-0.1, -0.05) is 23.7 Å². The molecule has 3 aromatic rings. The summed E-state index contributed by atoms with van der Waals surface area (Å²) in [6.07, 6.45) is 5.85. The van der Waals surface area contributed by atoms with E-state index in [0.29, 0.717) is 28.8 Å². The first-order chi connectivity index (χ1) is 17.3. The molecule has 0 radical (unpaired) electrons. The van der Waals surface area contributed by atoms with Crippen molar-refractivity contribution >= 4 is 43.8 Å². The highest BCUT2D eigenvalue weighted by molar-refractivity contribution is 7.91. The molecule has 2 aromatic carbocycles. The maximum absolute atomic E-state index is 13.3. The number of piperidine rings is 1. The van der Waals surface area contributed by atoms with E-state index >= 15 is 0 Å². The molecule has 2 aliphatic rings. The second-order valence-corrected chi connectivity index (χ2v) is 12.6. The highest BCUT2D eigenvalue weighted by atomic mass is 35.5. The molecule has 2 saturated heterocycles. The molecule has 1 amide bonds. The van der Waals surface area contributed by atoms with Gasteiger partial charge in [0.1, 0.15) is 0 Å². The van der Waals surface area contributed by atoms with Crippen molar-refractivity contribution in [3.8, 4) is 0 Å². The highest BCUT2D eigenvalue weighted by Crippen LogP contribution is 2.29. The molecule has 0 spiro atoms. The van der Waals surface area contributed by atoms with Crippen LogP contribution in [0.3, 0.4) is 0 Å². The Bertz CT molecular complexity index is 1370. The van der Waals surface area contributed by atoms with Crippen LogP contribution < -0.4 is 4.90 Å². The number of benzene rings is 2. The third-order valence-corrected chi connectivity index (χ3v) is 9.60. The fourth-order valence-corrected chi connectivity index (χ4v) is 7.37. The van der Waals surface area contributed by atoms with Gasteiger partial charge in [-0.15, -0.1) is 0 Å². The Balaban J connectivity index is 1.20. The molecule has 8 heteroatoms. The second kappa shape index (κ2) is 10.4. The molecule has 36 heavy (non-hydrogen) atoms. The van der Waals surface area contributed by atoms with E-state index in [0.717, 1.165) is 55.2 Å². The molecule has 1 atom stereocenters. The van der Waals surface area contributed by atoms with E-state index < -0.39 is 9.84 Å². The Morgan fingerprint density at radius 2 is 1.75 bits per heavy atom. The first-order valence-electron chi connectivity index (χ1n) is 12.7. The van der Waals surface area contributed by atoms with Crippen LogP contribution in [-0.2, 0) is 14.6 Å². The first kappa shape index (κ1) is 25.0. The molecular formula is C28H32ClN3O3S. The van der Waals surface area contributed by atoms with Crippen LogP contribution in [0.4, 0.5) is 5.69 Å². The van der Waals surface area contributed by atoms with Crippen molar-refractivity contribution in [1.29, 1.82) is 0 Å². The van der Waals surface area contributed by atoms with E-state index in [2.05, 4.69) is 16.0 Å². The van der Waals surface area contributed by atoms with Gasteiger partial charge in [-0.2, -0.15) is 0 Å².